The van der Waals surface area contributed by atoms with E-state index in [4.69, 9.17) is 10.2 Å². The number of rotatable bonds is 3. The fourth-order valence-corrected chi connectivity index (χ4v) is 1.67. The summed E-state index contributed by atoms with van der Waals surface area (Å²) < 4.78 is 18.8. The van der Waals surface area contributed by atoms with Crippen LogP contribution in [-0.4, -0.2) is 11.3 Å². The minimum Gasteiger partial charge on any atom is -0.455 e. The fraction of sp³-hybridized carbons (Fsp3) is 0.0769. The number of hydrogen-bond acceptors (Lipinski definition) is 3. The van der Waals surface area contributed by atoms with Crippen molar-refractivity contribution in [1.82, 2.24) is 5.43 Å². The van der Waals surface area contributed by atoms with Gasteiger partial charge in [0.1, 0.15) is 17.3 Å². The molecule has 4 nitrogen and oxygen atoms in total. The van der Waals surface area contributed by atoms with Crippen molar-refractivity contribution in [3.63, 3.8) is 0 Å². The van der Waals surface area contributed by atoms with E-state index in [9.17, 15) is 4.39 Å². The molecule has 1 aromatic carbocycles. The van der Waals surface area contributed by atoms with Gasteiger partial charge in [-0.3, -0.25) is 5.43 Å². The molecule has 0 saturated carbocycles. The van der Waals surface area contributed by atoms with Crippen LogP contribution in [0.4, 0.5) is 4.39 Å². The lowest BCUT2D eigenvalue weighted by Crippen LogP contribution is -2.23. The standard InChI is InChI=1S/C13H12FN3OS/c1-8-4-9(6-10(14)5-8)12-3-2-11(18-12)7-16-17-13(15)19/h2-7H,1H3,(H3,15,17,19)/b16-7+. The third-order valence-electron chi connectivity index (χ3n) is 2.32. The summed E-state index contributed by atoms with van der Waals surface area (Å²) in [6, 6.07) is 8.19. The van der Waals surface area contributed by atoms with Crippen LogP contribution in [0, 0.1) is 12.7 Å². The number of furan rings is 1. The van der Waals surface area contributed by atoms with Gasteiger partial charge in [-0.1, -0.05) is 0 Å². The first kappa shape index (κ1) is 13.2. The van der Waals surface area contributed by atoms with Crippen LogP contribution < -0.4 is 11.2 Å². The number of halogens is 1. The highest BCUT2D eigenvalue weighted by molar-refractivity contribution is 7.80. The van der Waals surface area contributed by atoms with Gasteiger partial charge in [-0.05, 0) is 55.0 Å². The van der Waals surface area contributed by atoms with Crippen LogP contribution in [0.15, 0.2) is 39.9 Å². The molecule has 2 rings (SSSR count). The zero-order valence-electron chi connectivity index (χ0n) is 10.2. The Morgan fingerprint density at radius 1 is 1.42 bits per heavy atom. The van der Waals surface area contributed by atoms with E-state index in [0.717, 1.165) is 5.56 Å². The second kappa shape index (κ2) is 5.62. The Kier molecular flexibility index (Phi) is 3.91. The number of nitrogens with one attached hydrogen (secondary N) is 1. The summed E-state index contributed by atoms with van der Waals surface area (Å²) in [5.74, 6) is 0.789. The van der Waals surface area contributed by atoms with Crippen molar-refractivity contribution in [2.45, 2.75) is 6.92 Å². The molecule has 0 saturated heterocycles. The van der Waals surface area contributed by atoms with Crippen LogP contribution in [0.25, 0.3) is 11.3 Å². The predicted octanol–water partition coefficient (Wildman–Crippen LogP) is 2.56. The summed E-state index contributed by atoms with van der Waals surface area (Å²) in [5, 5.41) is 3.85. The monoisotopic (exact) mass is 277 g/mol. The molecular weight excluding hydrogens is 265 g/mol. The Balaban J connectivity index is 2.20. The molecule has 0 fully saturated rings. The first-order valence-electron chi connectivity index (χ1n) is 5.50. The topological polar surface area (TPSA) is 63.5 Å². The summed E-state index contributed by atoms with van der Waals surface area (Å²) in [6.45, 7) is 1.82. The highest BCUT2D eigenvalue weighted by Crippen LogP contribution is 2.23. The summed E-state index contributed by atoms with van der Waals surface area (Å²) in [7, 11) is 0. The van der Waals surface area contributed by atoms with Gasteiger partial charge in [-0.15, -0.1) is 0 Å². The van der Waals surface area contributed by atoms with Gasteiger partial charge >= 0.3 is 0 Å². The van der Waals surface area contributed by atoms with Crippen LogP contribution in [-0.2, 0) is 0 Å². The number of benzene rings is 1. The van der Waals surface area contributed by atoms with Gasteiger partial charge in [0.25, 0.3) is 0 Å². The van der Waals surface area contributed by atoms with E-state index in [2.05, 4.69) is 22.7 Å². The number of thiocarbonyl (C=S) groups is 1. The van der Waals surface area contributed by atoms with Crippen molar-refractivity contribution in [2.24, 2.45) is 10.8 Å². The predicted molar refractivity (Wildman–Crippen MR) is 76.4 cm³/mol. The Hall–Kier alpha value is -2.21. The van der Waals surface area contributed by atoms with Gasteiger partial charge < -0.3 is 10.2 Å². The molecule has 0 spiro atoms. The minimum absolute atomic E-state index is 0.0729. The normalized spacial score (nSPS) is 10.8. The maximum Gasteiger partial charge on any atom is 0.184 e. The van der Waals surface area contributed by atoms with E-state index in [1.54, 1.807) is 12.1 Å². The van der Waals surface area contributed by atoms with E-state index in [-0.39, 0.29) is 10.9 Å². The lowest BCUT2D eigenvalue weighted by Gasteiger charge is -1.99. The average Bonchev–Trinajstić information content (AvgIpc) is 2.76. The van der Waals surface area contributed by atoms with Crippen molar-refractivity contribution in [2.75, 3.05) is 0 Å². The highest BCUT2D eigenvalue weighted by atomic mass is 32.1. The quantitative estimate of drug-likeness (QED) is 0.514. The van der Waals surface area contributed by atoms with Gasteiger partial charge in [0.05, 0.1) is 6.21 Å². The summed E-state index contributed by atoms with van der Waals surface area (Å²) in [4.78, 5) is 0. The lowest BCUT2D eigenvalue weighted by molar-refractivity contribution is 0.572. The third-order valence-corrected chi connectivity index (χ3v) is 2.41. The van der Waals surface area contributed by atoms with Crippen LogP contribution in [0.2, 0.25) is 0 Å². The van der Waals surface area contributed by atoms with E-state index in [1.165, 1.54) is 18.3 Å². The molecule has 1 aromatic heterocycles. The molecule has 0 atom stereocenters. The number of hydrogen-bond donors (Lipinski definition) is 2. The molecule has 0 radical (unpaired) electrons. The minimum atomic E-state index is -0.295. The smallest absolute Gasteiger partial charge is 0.184 e. The zero-order chi connectivity index (χ0) is 13.8. The molecule has 0 amide bonds. The number of nitrogens with two attached hydrogens (primary N) is 1. The third kappa shape index (κ3) is 3.62. The summed E-state index contributed by atoms with van der Waals surface area (Å²) in [5.41, 5.74) is 9.15. The molecule has 0 aliphatic heterocycles. The number of hydrazone groups is 1. The Labute approximate surface area is 115 Å². The fourth-order valence-electron chi connectivity index (χ4n) is 1.62. The van der Waals surface area contributed by atoms with Crippen molar-refractivity contribution >= 4 is 23.5 Å². The Bertz CT molecular complexity index is 616. The Morgan fingerprint density at radius 2 is 2.21 bits per heavy atom. The van der Waals surface area contributed by atoms with Crippen LogP contribution in [0.1, 0.15) is 11.3 Å². The van der Waals surface area contributed by atoms with Crippen LogP contribution in [0.3, 0.4) is 0 Å². The first-order valence-corrected chi connectivity index (χ1v) is 5.91. The molecule has 3 N–H and O–H groups in total. The SMILES string of the molecule is Cc1cc(F)cc(-c2ccc(/C=N/NC(N)=S)o2)c1. The molecule has 98 valence electrons. The van der Waals surface area contributed by atoms with Crippen LogP contribution in [0.5, 0.6) is 0 Å². The molecule has 0 aliphatic carbocycles. The Morgan fingerprint density at radius 3 is 2.89 bits per heavy atom. The molecule has 0 bridgehead atoms. The molecule has 19 heavy (non-hydrogen) atoms. The van der Waals surface area contributed by atoms with Crippen molar-refractivity contribution in [3.05, 3.63) is 47.5 Å². The molecule has 2 aromatic rings. The second-order valence-electron chi connectivity index (χ2n) is 3.95. The molecule has 6 heteroatoms. The van der Waals surface area contributed by atoms with Crippen molar-refractivity contribution in [1.29, 1.82) is 0 Å². The van der Waals surface area contributed by atoms with Gasteiger partial charge in [0.2, 0.25) is 0 Å². The second-order valence-corrected chi connectivity index (χ2v) is 4.39. The number of nitrogens with zero attached hydrogens (tertiary/aromatic N) is 1. The first-order chi connectivity index (χ1) is 9.04. The summed E-state index contributed by atoms with van der Waals surface area (Å²) in [6.07, 6.45) is 1.44. The van der Waals surface area contributed by atoms with Gasteiger partial charge in [0.15, 0.2) is 5.11 Å². The van der Waals surface area contributed by atoms with Crippen molar-refractivity contribution in [3.8, 4) is 11.3 Å². The largest absolute Gasteiger partial charge is 0.455 e. The van der Waals surface area contributed by atoms with E-state index >= 15 is 0 Å². The number of aryl methyl sites for hydroxylation is 1. The lowest BCUT2D eigenvalue weighted by atomic mass is 10.1. The molecule has 0 aliphatic rings. The van der Waals surface area contributed by atoms with E-state index < -0.39 is 0 Å². The van der Waals surface area contributed by atoms with Crippen LogP contribution >= 0.6 is 12.2 Å². The maximum atomic E-state index is 13.3. The molecule has 0 unspecified atom stereocenters. The van der Waals surface area contributed by atoms with Gasteiger partial charge in [0, 0.05) is 5.56 Å². The summed E-state index contributed by atoms with van der Waals surface area (Å²) >= 11 is 4.60. The van der Waals surface area contributed by atoms with Gasteiger partial charge in [-0.25, -0.2) is 4.39 Å². The molecular formula is C13H12FN3OS. The zero-order valence-corrected chi connectivity index (χ0v) is 11.0. The average molecular weight is 277 g/mol. The van der Waals surface area contributed by atoms with E-state index in [1.807, 2.05) is 13.0 Å². The highest BCUT2D eigenvalue weighted by Gasteiger charge is 2.05. The molecule has 1 heterocycles. The van der Waals surface area contributed by atoms with Gasteiger partial charge in [-0.2, -0.15) is 5.10 Å². The van der Waals surface area contributed by atoms with Crippen molar-refractivity contribution < 1.29 is 8.81 Å². The van der Waals surface area contributed by atoms with E-state index in [0.29, 0.717) is 17.1 Å². The maximum absolute atomic E-state index is 13.3.